The zero-order valence-corrected chi connectivity index (χ0v) is 24.1. The summed E-state index contributed by atoms with van der Waals surface area (Å²) in [7, 11) is -3.25. The molecular formula is C31H36O8Si. The maximum absolute atomic E-state index is 12.6. The number of hydrogen-bond acceptors (Lipinski definition) is 8. The van der Waals surface area contributed by atoms with Gasteiger partial charge in [-0.25, -0.2) is 4.79 Å². The highest BCUT2D eigenvalue weighted by molar-refractivity contribution is 6.99. The van der Waals surface area contributed by atoms with Crippen LogP contribution in [0.3, 0.4) is 0 Å². The Balaban J connectivity index is 1.74. The van der Waals surface area contributed by atoms with Gasteiger partial charge in [-0.2, -0.15) is 0 Å². The largest absolute Gasteiger partial charge is 0.459 e. The Bertz CT molecular complexity index is 1220. The molecule has 8 nitrogen and oxygen atoms in total. The van der Waals surface area contributed by atoms with E-state index >= 15 is 0 Å². The monoisotopic (exact) mass is 564 g/mol. The number of aliphatic hydroxyl groups excluding tert-OH is 2. The van der Waals surface area contributed by atoms with Crippen LogP contribution in [0.4, 0.5) is 0 Å². The van der Waals surface area contributed by atoms with Crippen LogP contribution in [0, 0.1) is 0 Å². The van der Waals surface area contributed by atoms with Crippen LogP contribution in [0.25, 0.3) is 0 Å². The molecule has 0 spiro atoms. The third-order valence-electron chi connectivity index (χ3n) is 7.06. The molecule has 1 aliphatic rings. The minimum Gasteiger partial charge on any atom is -0.459 e. The van der Waals surface area contributed by atoms with Crippen molar-refractivity contribution in [3.05, 3.63) is 96.6 Å². The van der Waals surface area contributed by atoms with Crippen molar-refractivity contribution < 1.29 is 38.4 Å². The van der Waals surface area contributed by atoms with Crippen molar-refractivity contribution in [3.8, 4) is 0 Å². The minimum absolute atomic E-state index is 0.339. The fourth-order valence-corrected chi connectivity index (χ4v) is 9.90. The van der Waals surface area contributed by atoms with E-state index in [1.807, 2.05) is 60.7 Å². The van der Waals surface area contributed by atoms with Crippen LogP contribution >= 0.6 is 0 Å². The first kappa shape index (κ1) is 29.6. The summed E-state index contributed by atoms with van der Waals surface area (Å²) in [5.74, 6) is -1.26. The van der Waals surface area contributed by atoms with E-state index < -0.39 is 56.0 Å². The van der Waals surface area contributed by atoms with Crippen molar-refractivity contribution in [2.24, 2.45) is 0 Å². The fraction of sp³-hybridized carbons (Fsp3) is 0.355. The molecule has 3 aromatic rings. The first-order valence-electron chi connectivity index (χ1n) is 13.2. The van der Waals surface area contributed by atoms with Crippen molar-refractivity contribution in [2.75, 3.05) is 6.61 Å². The molecule has 0 amide bonds. The van der Waals surface area contributed by atoms with Gasteiger partial charge in [0.1, 0.15) is 24.9 Å². The molecule has 2 N–H and O–H groups in total. The molecule has 0 unspecified atom stereocenters. The standard InChI is InChI=1S/C31H36O8Si/c1-21(32)37-28-27(26(33)25(38-30(28)35)20-36-29(34)22-14-8-5-9-15-22)39-40(31(2,3)4,23-16-10-6-11-17-23)24-18-12-7-13-19-24/h5-19,25-28,30,33,35H,20H2,1-4H3/t25-,26-,27+,28-,30+/m1/s1. The molecule has 0 bridgehead atoms. The Labute approximate surface area is 235 Å². The third-order valence-corrected chi connectivity index (χ3v) is 12.1. The highest BCUT2D eigenvalue weighted by Crippen LogP contribution is 2.40. The van der Waals surface area contributed by atoms with Crippen LogP contribution < -0.4 is 10.4 Å². The number of carbonyl (C=O) groups is 2. The smallest absolute Gasteiger partial charge is 0.338 e. The maximum Gasteiger partial charge on any atom is 0.338 e. The Kier molecular flexibility index (Phi) is 9.22. The van der Waals surface area contributed by atoms with E-state index in [2.05, 4.69) is 20.8 Å². The van der Waals surface area contributed by atoms with E-state index in [1.165, 1.54) is 6.92 Å². The zero-order valence-electron chi connectivity index (χ0n) is 23.1. The first-order valence-corrected chi connectivity index (χ1v) is 15.2. The van der Waals surface area contributed by atoms with E-state index in [-0.39, 0.29) is 6.61 Å². The number of hydrogen-bond donors (Lipinski definition) is 2. The number of esters is 2. The molecule has 1 fully saturated rings. The predicted octanol–water partition coefficient (Wildman–Crippen LogP) is 2.80. The minimum atomic E-state index is -3.25. The summed E-state index contributed by atoms with van der Waals surface area (Å²) in [6, 6.07) is 28.0. The van der Waals surface area contributed by atoms with Crippen molar-refractivity contribution >= 4 is 30.6 Å². The van der Waals surface area contributed by atoms with Crippen LogP contribution in [0.15, 0.2) is 91.0 Å². The average Bonchev–Trinajstić information content (AvgIpc) is 2.94. The second-order valence-corrected chi connectivity index (χ2v) is 15.1. The van der Waals surface area contributed by atoms with Gasteiger partial charge in [0.15, 0.2) is 12.4 Å². The molecule has 0 aliphatic carbocycles. The number of carbonyl (C=O) groups excluding carboxylic acids is 2. The van der Waals surface area contributed by atoms with E-state index in [1.54, 1.807) is 30.3 Å². The number of rotatable bonds is 8. The summed E-state index contributed by atoms with van der Waals surface area (Å²) in [4.78, 5) is 24.7. The Hall–Kier alpha value is -3.34. The van der Waals surface area contributed by atoms with Gasteiger partial charge in [0.05, 0.1) is 5.56 Å². The quantitative estimate of drug-likeness (QED) is 0.318. The lowest BCUT2D eigenvalue weighted by Gasteiger charge is -2.50. The molecule has 40 heavy (non-hydrogen) atoms. The zero-order chi connectivity index (χ0) is 28.9. The lowest BCUT2D eigenvalue weighted by Crippen LogP contribution is -2.72. The van der Waals surface area contributed by atoms with Gasteiger partial charge < -0.3 is 28.8 Å². The lowest BCUT2D eigenvalue weighted by molar-refractivity contribution is -0.287. The van der Waals surface area contributed by atoms with Gasteiger partial charge in [-0.05, 0) is 27.5 Å². The lowest BCUT2D eigenvalue weighted by atomic mass is 9.99. The second-order valence-electron chi connectivity index (χ2n) is 10.8. The van der Waals surface area contributed by atoms with Crippen LogP contribution in [-0.2, 0) is 23.4 Å². The highest BCUT2D eigenvalue weighted by atomic mass is 28.4. The van der Waals surface area contributed by atoms with E-state index in [4.69, 9.17) is 18.6 Å². The third kappa shape index (κ3) is 6.19. The Morgan fingerprint density at radius 1 is 0.825 bits per heavy atom. The summed E-state index contributed by atoms with van der Waals surface area (Å²) in [6.07, 6.45) is -6.69. The van der Waals surface area contributed by atoms with Gasteiger partial charge in [-0.1, -0.05) is 99.6 Å². The topological polar surface area (TPSA) is 112 Å². The van der Waals surface area contributed by atoms with E-state index in [0.29, 0.717) is 5.56 Å². The van der Waals surface area contributed by atoms with Gasteiger partial charge in [-0.15, -0.1) is 0 Å². The molecule has 9 heteroatoms. The molecule has 1 saturated heterocycles. The van der Waals surface area contributed by atoms with Crippen LogP contribution in [0.5, 0.6) is 0 Å². The average molecular weight is 565 g/mol. The Morgan fingerprint density at radius 2 is 1.32 bits per heavy atom. The highest BCUT2D eigenvalue weighted by Gasteiger charge is 2.57. The van der Waals surface area contributed by atoms with Crippen molar-refractivity contribution in [1.29, 1.82) is 0 Å². The predicted molar refractivity (Wildman–Crippen MR) is 152 cm³/mol. The molecule has 5 atom stereocenters. The molecule has 0 radical (unpaired) electrons. The molecule has 3 aromatic carbocycles. The summed E-state index contributed by atoms with van der Waals surface area (Å²) in [5.41, 5.74) is 0.339. The van der Waals surface area contributed by atoms with Crippen LogP contribution in [-0.4, -0.2) is 67.8 Å². The van der Waals surface area contributed by atoms with E-state index in [0.717, 1.165) is 10.4 Å². The summed E-state index contributed by atoms with van der Waals surface area (Å²) in [5, 5.41) is 24.0. The van der Waals surface area contributed by atoms with Crippen molar-refractivity contribution in [1.82, 2.24) is 0 Å². The van der Waals surface area contributed by atoms with Crippen molar-refractivity contribution in [2.45, 2.75) is 63.4 Å². The first-order chi connectivity index (χ1) is 19.0. The van der Waals surface area contributed by atoms with Gasteiger partial charge in [0.25, 0.3) is 8.32 Å². The van der Waals surface area contributed by atoms with Gasteiger partial charge >= 0.3 is 11.9 Å². The summed E-state index contributed by atoms with van der Waals surface area (Å²) >= 11 is 0. The summed E-state index contributed by atoms with van der Waals surface area (Å²) in [6.45, 7) is 7.08. The van der Waals surface area contributed by atoms with E-state index in [9.17, 15) is 19.8 Å². The molecule has 1 heterocycles. The fourth-order valence-electron chi connectivity index (χ4n) is 5.21. The molecule has 4 rings (SSSR count). The molecule has 1 aliphatic heterocycles. The molecule has 0 saturated carbocycles. The van der Waals surface area contributed by atoms with Gasteiger partial charge in [-0.3, -0.25) is 4.79 Å². The van der Waals surface area contributed by atoms with Crippen LogP contribution in [0.1, 0.15) is 38.1 Å². The molecule has 0 aromatic heterocycles. The molecular weight excluding hydrogens is 528 g/mol. The van der Waals surface area contributed by atoms with Gasteiger partial charge in [0.2, 0.25) is 0 Å². The Morgan fingerprint density at radius 3 is 1.80 bits per heavy atom. The SMILES string of the molecule is CC(=O)O[C@@H]1[C@@H](O[Si](c2ccccc2)(c2ccccc2)C(C)(C)C)[C@H](O)[C@@H](COC(=O)c2ccccc2)O[C@@H]1O. The number of aliphatic hydroxyl groups is 2. The maximum atomic E-state index is 12.6. The van der Waals surface area contributed by atoms with Crippen molar-refractivity contribution in [3.63, 3.8) is 0 Å². The van der Waals surface area contributed by atoms with Gasteiger partial charge in [0, 0.05) is 6.92 Å². The normalized spacial score (nSPS) is 23.3. The summed E-state index contributed by atoms with van der Waals surface area (Å²) < 4.78 is 23.6. The second kappa shape index (κ2) is 12.4. The molecule has 212 valence electrons. The number of benzene rings is 3. The number of ether oxygens (including phenoxy) is 3. The van der Waals surface area contributed by atoms with Crippen LogP contribution in [0.2, 0.25) is 5.04 Å².